The number of non-ortho nitro benzene ring substituents is 1. The first-order chi connectivity index (χ1) is 12.1. The minimum atomic E-state index is -0.449. The van der Waals surface area contributed by atoms with Crippen molar-refractivity contribution in [1.82, 2.24) is 9.99 Å². The first kappa shape index (κ1) is 16.2. The molecule has 0 unspecified atom stereocenters. The largest absolute Gasteiger partial charge is 0.469 e. The van der Waals surface area contributed by atoms with Crippen molar-refractivity contribution in [3.8, 4) is 5.69 Å². The standard InChI is InChI=1S/C17H14N4O4/c1-12-16(8-10-25-12)17(22)19-18-11-15-3-2-9-20(15)13-4-6-14(7-5-13)21(23)24/h2-11H,1H3,(H,19,22). The van der Waals surface area contributed by atoms with Crippen molar-refractivity contribution in [2.75, 3.05) is 0 Å². The second-order valence-electron chi connectivity index (χ2n) is 5.17. The van der Waals surface area contributed by atoms with Gasteiger partial charge in [0.05, 0.1) is 28.7 Å². The van der Waals surface area contributed by atoms with Gasteiger partial charge in [-0.25, -0.2) is 5.43 Å². The summed E-state index contributed by atoms with van der Waals surface area (Å²) in [6, 6.07) is 11.3. The molecule has 1 amide bonds. The average molecular weight is 338 g/mol. The third-order valence-electron chi connectivity index (χ3n) is 3.59. The molecule has 0 aliphatic rings. The molecule has 3 rings (SSSR count). The predicted octanol–water partition coefficient (Wildman–Crippen LogP) is 3.05. The molecular weight excluding hydrogens is 324 g/mol. The number of nitro groups is 1. The van der Waals surface area contributed by atoms with E-state index in [0.717, 1.165) is 5.69 Å². The van der Waals surface area contributed by atoms with E-state index in [1.165, 1.54) is 24.6 Å². The van der Waals surface area contributed by atoms with Crippen LogP contribution in [0.25, 0.3) is 5.69 Å². The van der Waals surface area contributed by atoms with Crippen molar-refractivity contribution < 1.29 is 14.1 Å². The number of aryl methyl sites for hydroxylation is 1. The van der Waals surface area contributed by atoms with Crippen LogP contribution < -0.4 is 5.43 Å². The quantitative estimate of drug-likeness (QED) is 0.439. The van der Waals surface area contributed by atoms with Gasteiger partial charge in [-0.05, 0) is 37.3 Å². The summed E-state index contributed by atoms with van der Waals surface area (Å²) in [4.78, 5) is 22.2. The fraction of sp³-hybridized carbons (Fsp3) is 0.0588. The number of hydrogen-bond donors (Lipinski definition) is 1. The van der Waals surface area contributed by atoms with E-state index in [1.54, 1.807) is 42.0 Å². The highest BCUT2D eigenvalue weighted by Gasteiger charge is 2.10. The predicted molar refractivity (Wildman–Crippen MR) is 90.9 cm³/mol. The molecule has 126 valence electrons. The summed E-state index contributed by atoms with van der Waals surface area (Å²) in [5, 5.41) is 14.7. The molecule has 2 aromatic heterocycles. The van der Waals surface area contributed by atoms with Gasteiger partial charge in [0.2, 0.25) is 0 Å². The number of aromatic nitrogens is 1. The Morgan fingerprint density at radius 2 is 2.04 bits per heavy atom. The molecule has 0 saturated heterocycles. The Kier molecular flexibility index (Phi) is 4.42. The third-order valence-corrected chi connectivity index (χ3v) is 3.59. The minimum Gasteiger partial charge on any atom is -0.469 e. The molecule has 1 N–H and O–H groups in total. The topological polar surface area (TPSA) is 103 Å². The van der Waals surface area contributed by atoms with Gasteiger partial charge in [0.25, 0.3) is 11.6 Å². The number of nitrogens with one attached hydrogen (secondary N) is 1. The van der Waals surface area contributed by atoms with Gasteiger partial charge < -0.3 is 8.98 Å². The zero-order valence-electron chi connectivity index (χ0n) is 13.2. The fourth-order valence-corrected chi connectivity index (χ4v) is 2.31. The summed E-state index contributed by atoms with van der Waals surface area (Å²) in [5.74, 6) is 0.151. The second-order valence-corrected chi connectivity index (χ2v) is 5.17. The van der Waals surface area contributed by atoms with Crippen LogP contribution in [0.1, 0.15) is 21.8 Å². The number of furan rings is 1. The zero-order chi connectivity index (χ0) is 17.8. The first-order valence-electron chi connectivity index (χ1n) is 7.36. The van der Waals surface area contributed by atoms with Crippen molar-refractivity contribution in [2.24, 2.45) is 5.10 Å². The Hall–Kier alpha value is -3.68. The summed E-state index contributed by atoms with van der Waals surface area (Å²) in [6.07, 6.45) is 4.73. The highest BCUT2D eigenvalue weighted by molar-refractivity contribution is 5.95. The zero-order valence-corrected chi connectivity index (χ0v) is 13.2. The van der Waals surface area contributed by atoms with Crippen LogP contribution in [0.3, 0.4) is 0 Å². The van der Waals surface area contributed by atoms with E-state index in [0.29, 0.717) is 17.0 Å². The summed E-state index contributed by atoms with van der Waals surface area (Å²) < 4.78 is 6.87. The molecular formula is C17H14N4O4. The molecule has 8 nitrogen and oxygen atoms in total. The molecule has 25 heavy (non-hydrogen) atoms. The van der Waals surface area contributed by atoms with Gasteiger partial charge in [-0.3, -0.25) is 14.9 Å². The van der Waals surface area contributed by atoms with Crippen LogP contribution in [0, 0.1) is 17.0 Å². The van der Waals surface area contributed by atoms with Crippen molar-refractivity contribution >= 4 is 17.8 Å². The lowest BCUT2D eigenvalue weighted by atomic mass is 10.2. The normalized spacial score (nSPS) is 10.9. The van der Waals surface area contributed by atoms with Crippen LogP contribution in [0.2, 0.25) is 0 Å². The van der Waals surface area contributed by atoms with Gasteiger partial charge in [0.15, 0.2) is 0 Å². The molecule has 0 bridgehead atoms. The molecule has 0 radical (unpaired) electrons. The Labute approximate surface area is 142 Å². The lowest BCUT2D eigenvalue weighted by molar-refractivity contribution is -0.384. The van der Waals surface area contributed by atoms with Gasteiger partial charge in [0, 0.05) is 24.0 Å². The van der Waals surface area contributed by atoms with E-state index in [9.17, 15) is 14.9 Å². The number of carbonyl (C=O) groups excluding carboxylic acids is 1. The number of nitro benzene ring substituents is 1. The minimum absolute atomic E-state index is 0.0221. The number of rotatable bonds is 5. The Balaban J connectivity index is 1.74. The number of nitrogens with zero attached hydrogens (tertiary/aromatic N) is 3. The van der Waals surface area contributed by atoms with E-state index in [4.69, 9.17) is 4.42 Å². The van der Waals surface area contributed by atoms with Crippen molar-refractivity contribution in [3.05, 3.63) is 82.1 Å². The maximum absolute atomic E-state index is 12.0. The highest BCUT2D eigenvalue weighted by atomic mass is 16.6. The van der Waals surface area contributed by atoms with Gasteiger partial charge in [-0.1, -0.05) is 0 Å². The lowest BCUT2D eigenvalue weighted by Gasteiger charge is -2.05. The number of hydrogen-bond acceptors (Lipinski definition) is 5. The van der Waals surface area contributed by atoms with E-state index < -0.39 is 4.92 Å². The molecule has 3 aromatic rings. The molecule has 0 aliphatic heterocycles. The van der Waals surface area contributed by atoms with E-state index >= 15 is 0 Å². The van der Waals surface area contributed by atoms with E-state index in [-0.39, 0.29) is 11.6 Å². The number of carbonyl (C=O) groups is 1. The van der Waals surface area contributed by atoms with Crippen LogP contribution in [0.15, 0.2) is 64.4 Å². The average Bonchev–Trinajstić information content (AvgIpc) is 3.23. The van der Waals surface area contributed by atoms with Crippen LogP contribution in [-0.2, 0) is 0 Å². The van der Waals surface area contributed by atoms with E-state index in [2.05, 4.69) is 10.5 Å². The summed E-state index contributed by atoms with van der Waals surface area (Å²) in [7, 11) is 0. The Morgan fingerprint density at radius 1 is 1.28 bits per heavy atom. The molecule has 2 heterocycles. The van der Waals surface area contributed by atoms with Gasteiger partial charge in [-0.15, -0.1) is 0 Å². The van der Waals surface area contributed by atoms with Crippen molar-refractivity contribution in [3.63, 3.8) is 0 Å². The van der Waals surface area contributed by atoms with Crippen molar-refractivity contribution in [1.29, 1.82) is 0 Å². The second kappa shape index (κ2) is 6.83. The first-order valence-corrected chi connectivity index (χ1v) is 7.36. The maximum Gasteiger partial charge on any atom is 0.274 e. The summed E-state index contributed by atoms with van der Waals surface area (Å²) in [5.41, 5.74) is 4.33. The fourth-order valence-electron chi connectivity index (χ4n) is 2.31. The lowest BCUT2D eigenvalue weighted by Crippen LogP contribution is -2.18. The molecule has 1 aromatic carbocycles. The van der Waals surface area contributed by atoms with Gasteiger partial charge in [0.1, 0.15) is 5.76 Å². The molecule has 0 aliphatic carbocycles. The monoisotopic (exact) mass is 338 g/mol. The maximum atomic E-state index is 12.0. The summed E-state index contributed by atoms with van der Waals surface area (Å²) in [6.45, 7) is 1.69. The molecule has 0 saturated carbocycles. The van der Waals surface area contributed by atoms with Crippen LogP contribution >= 0.6 is 0 Å². The Bertz CT molecular complexity index is 938. The number of amides is 1. The SMILES string of the molecule is Cc1occc1C(=O)NN=Cc1cccn1-c1ccc([N+](=O)[O-])cc1. The van der Waals surface area contributed by atoms with E-state index in [1.807, 2.05) is 6.07 Å². The van der Waals surface area contributed by atoms with Crippen LogP contribution in [-0.4, -0.2) is 21.6 Å². The number of hydrazone groups is 1. The van der Waals surface area contributed by atoms with Gasteiger partial charge >= 0.3 is 0 Å². The van der Waals surface area contributed by atoms with Crippen molar-refractivity contribution in [2.45, 2.75) is 6.92 Å². The molecule has 0 fully saturated rings. The number of benzene rings is 1. The molecule has 0 spiro atoms. The highest BCUT2D eigenvalue weighted by Crippen LogP contribution is 2.17. The summed E-state index contributed by atoms with van der Waals surface area (Å²) >= 11 is 0. The van der Waals surface area contributed by atoms with Crippen LogP contribution in [0.5, 0.6) is 0 Å². The smallest absolute Gasteiger partial charge is 0.274 e. The molecule has 8 heteroatoms. The van der Waals surface area contributed by atoms with Gasteiger partial charge in [-0.2, -0.15) is 5.10 Å². The van der Waals surface area contributed by atoms with Crippen LogP contribution in [0.4, 0.5) is 5.69 Å². The molecule has 0 atom stereocenters. The third kappa shape index (κ3) is 3.47. The Morgan fingerprint density at radius 3 is 2.68 bits per heavy atom.